The van der Waals surface area contributed by atoms with Crippen molar-refractivity contribution >= 4 is 29.2 Å². The van der Waals surface area contributed by atoms with Crippen molar-refractivity contribution in [2.24, 2.45) is 0 Å². The molecule has 0 spiro atoms. The molecule has 1 amide bonds. The molecule has 1 aromatic heterocycles. The monoisotopic (exact) mass is 327 g/mol. The van der Waals surface area contributed by atoms with E-state index in [-0.39, 0.29) is 17.4 Å². The fourth-order valence-electron chi connectivity index (χ4n) is 2.35. The Morgan fingerprint density at radius 2 is 2.09 bits per heavy atom. The van der Waals surface area contributed by atoms with E-state index in [2.05, 4.69) is 20.2 Å². The Kier molecular flexibility index (Phi) is 4.95. The summed E-state index contributed by atoms with van der Waals surface area (Å²) in [6.45, 7) is 7.06. The molecule has 22 heavy (non-hydrogen) atoms. The van der Waals surface area contributed by atoms with E-state index >= 15 is 0 Å². The predicted molar refractivity (Wildman–Crippen MR) is 86.1 cm³/mol. The molecule has 0 unspecified atom stereocenters. The highest BCUT2D eigenvalue weighted by molar-refractivity contribution is 6.28. The van der Waals surface area contributed by atoms with Crippen molar-refractivity contribution in [3.8, 4) is 0 Å². The van der Waals surface area contributed by atoms with E-state index in [0.29, 0.717) is 5.82 Å². The molecule has 0 saturated carbocycles. The number of amides is 1. The number of carbonyl (C=O) groups is 1. The van der Waals surface area contributed by atoms with Gasteiger partial charge in [-0.25, -0.2) is 9.78 Å². The fraction of sp³-hybridized carbons (Fsp3) is 0.643. The molecule has 1 aliphatic rings. The van der Waals surface area contributed by atoms with Gasteiger partial charge in [0.2, 0.25) is 5.28 Å². The fourth-order valence-corrected chi connectivity index (χ4v) is 2.49. The normalized spacial score (nSPS) is 16.5. The van der Waals surface area contributed by atoms with Gasteiger partial charge in [0.25, 0.3) is 0 Å². The molecule has 2 rings (SSSR count). The molecule has 0 aliphatic carbocycles. The summed E-state index contributed by atoms with van der Waals surface area (Å²) in [6.07, 6.45) is 2.87. The summed E-state index contributed by atoms with van der Waals surface area (Å²) in [7, 11) is 0. The third-order valence-corrected chi connectivity index (χ3v) is 3.51. The number of carbonyl (C=O) groups excluding carboxylic acids is 1. The van der Waals surface area contributed by atoms with Gasteiger partial charge in [-0.2, -0.15) is 4.98 Å². The van der Waals surface area contributed by atoms with Crippen molar-refractivity contribution in [1.29, 1.82) is 0 Å². The van der Waals surface area contributed by atoms with Crippen molar-refractivity contribution in [2.75, 3.05) is 23.7 Å². The number of piperidine rings is 1. The number of alkyl carbamates (subject to hydrolysis) is 1. The lowest BCUT2D eigenvalue weighted by Gasteiger charge is -2.34. The highest BCUT2D eigenvalue weighted by atomic mass is 35.5. The average molecular weight is 328 g/mol. The first-order valence-electron chi connectivity index (χ1n) is 7.27. The Labute approximate surface area is 135 Å². The number of nitrogens with one attached hydrogen (secondary N) is 1. The SMILES string of the molecule is CC(C)(C)OC(=O)NC1CCN(c2cnc(Cl)nc2N)CC1. The van der Waals surface area contributed by atoms with Gasteiger partial charge in [0.1, 0.15) is 5.60 Å². The zero-order valence-electron chi connectivity index (χ0n) is 13.1. The standard InChI is InChI=1S/C14H22ClN5O2/c1-14(2,3)22-13(21)18-9-4-6-20(7-5-9)10-8-17-12(15)19-11(10)16/h8-9H,4-7H2,1-3H3,(H,18,21)(H2,16,17,19). The van der Waals surface area contributed by atoms with E-state index in [0.717, 1.165) is 31.6 Å². The van der Waals surface area contributed by atoms with Gasteiger partial charge in [-0.15, -0.1) is 0 Å². The zero-order valence-corrected chi connectivity index (χ0v) is 13.9. The summed E-state index contributed by atoms with van der Waals surface area (Å²) in [6, 6.07) is 0.0977. The van der Waals surface area contributed by atoms with Crippen LogP contribution >= 0.6 is 11.6 Å². The Hall–Kier alpha value is -1.76. The summed E-state index contributed by atoms with van der Waals surface area (Å²) >= 11 is 5.71. The van der Waals surface area contributed by atoms with Crippen LogP contribution in [0.3, 0.4) is 0 Å². The predicted octanol–water partition coefficient (Wildman–Crippen LogP) is 2.21. The zero-order chi connectivity index (χ0) is 16.3. The van der Waals surface area contributed by atoms with E-state index in [9.17, 15) is 4.79 Å². The number of halogens is 1. The quantitative estimate of drug-likeness (QED) is 0.809. The first-order valence-corrected chi connectivity index (χ1v) is 7.65. The van der Waals surface area contributed by atoms with Crippen molar-refractivity contribution in [3.63, 3.8) is 0 Å². The third kappa shape index (κ3) is 4.62. The first kappa shape index (κ1) is 16.6. The number of nitrogens with zero attached hydrogens (tertiary/aromatic N) is 3. The molecule has 2 heterocycles. The Balaban J connectivity index is 1.86. The van der Waals surface area contributed by atoms with E-state index in [1.54, 1.807) is 6.20 Å². The molecular weight excluding hydrogens is 306 g/mol. The second kappa shape index (κ2) is 6.56. The molecule has 1 aliphatic heterocycles. The van der Waals surface area contributed by atoms with Crippen LogP contribution in [0.4, 0.5) is 16.3 Å². The molecule has 7 nitrogen and oxygen atoms in total. The van der Waals surface area contributed by atoms with E-state index in [4.69, 9.17) is 22.1 Å². The van der Waals surface area contributed by atoms with Gasteiger partial charge in [0.05, 0.1) is 11.9 Å². The Morgan fingerprint density at radius 3 is 2.64 bits per heavy atom. The maximum absolute atomic E-state index is 11.8. The number of rotatable bonds is 2. The molecule has 0 atom stereocenters. The van der Waals surface area contributed by atoms with Gasteiger partial charge in [-0.1, -0.05) is 0 Å². The molecule has 0 bridgehead atoms. The van der Waals surface area contributed by atoms with Gasteiger partial charge >= 0.3 is 6.09 Å². The van der Waals surface area contributed by atoms with Crippen LogP contribution in [0, 0.1) is 0 Å². The topological polar surface area (TPSA) is 93.4 Å². The molecule has 0 radical (unpaired) electrons. The minimum Gasteiger partial charge on any atom is -0.444 e. The Morgan fingerprint density at radius 1 is 1.45 bits per heavy atom. The maximum Gasteiger partial charge on any atom is 0.407 e. The number of ether oxygens (including phenoxy) is 1. The smallest absolute Gasteiger partial charge is 0.407 e. The van der Waals surface area contributed by atoms with Crippen LogP contribution in [0.5, 0.6) is 0 Å². The minimum atomic E-state index is -0.486. The van der Waals surface area contributed by atoms with Crippen molar-refractivity contribution in [1.82, 2.24) is 15.3 Å². The molecule has 122 valence electrons. The summed E-state index contributed by atoms with van der Waals surface area (Å²) in [5.41, 5.74) is 6.16. The van der Waals surface area contributed by atoms with Crippen molar-refractivity contribution < 1.29 is 9.53 Å². The second-order valence-corrected chi connectivity index (χ2v) is 6.66. The lowest BCUT2D eigenvalue weighted by Crippen LogP contribution is -2.46. The van der Waals surface area contributed by atoms with Crippen LogP contribution in [0.1, 0.15) is 33.6 Å². The van der Waals surface area contributed by atoms with Gasteiger partial charge in [-0.05, 0) is 45.2 Å². The van der Waals surface area contributed by atoms with Crippen LogP contribution in [-0.2, 0) is 4.74 Å². The molecule has 8 heteroatoms. The van der Waals surface area contributed by atoms with E-state index in [1.165, 1.54) is 0 Å². The van der Waals surface area contributed by atoms with Crippen LogP contribution in [0.15, 0.2) is 6.20 Å². The minimum absolute atomic E-state index is 0.0977. The summed E-state index contributed by atoms with van der Waals surface area (Å²) in [4.78, 5) is 21.8. The number of nitrogen functional groups attached to an aromatic ring is 1. The molecule has 1 saturated heterocycles. The molecule has 3 N–H and O–H groups in total. The van der Waals surface area contributed by atoms with E-state index in [1.807, 2.05) is 20.8 Å². The first-order chi connectivity index (χ1) is 10.2. The van der Waals surface area contributed by atoms with E-state index < -0.39 is 5.60 Å². The number of hydrogen-bond acceptors (Lipinski definition) is 6. The van der Waals surface area contributed by atoms with Crippen molar-refractivity contribution in [3.05, 3.63) is 11.5 Å². The van der Waals surface area contributed by atoms with Crippen molar-refractivity contribution in [2.45, 2.75) is 45.3 Å². The number of nitrogens with two attached hydrogens (primary N) is 1. The molecular formula is C14H22ClN5O2. The lowest BCUT2D eigenvalue weighted by molar-refractivity contribution is 0.0497. The van der Waals surface area contributed by atoms with Gasteiger partial charge in [-0.3, -0.25) is 0 Å². The highest BCUT2D eigenvalue weighted by Crippen LogP contribution is 2.25. The van der Waals surface area contributed by atoms with Crippen LogP contribution < -0.4 is 16.0 Å². The number of anilines is 2. The van der Waals surface area contributed by atoms with Gasteiger partial charge in [0, 0.05) is 19.1 Å². The van der Waals surface area contributed by atoms with Gasteiger partial charge in [0.15, 0.2) is 5.82 Å². The van der Waals surface area contributed by atoms with Gasteiger partial charge < -0.3 is 20.7 Å². The number of aromatic nitrogens is 2. The lowest BCUT2D eigenvalue weighted by atomic mass is 10.0. The van der Waals surface area contributed by atoms with Crippen LogP contribution in [0.2, 0.25) is 5.28 Å². The molecule has 1 fully saturated rings. The summed E-state index contributed by atoms with van der Waals surface area (Å²) in [5.74, 6) is 0.374. The summed E-state index contributed by atoms with van der Waals surface area (Å²) in [5, 5.41) is 3.04. The maximum atomic E-state index is 11.8. The average Bonchev–Trinajstić information content (AvgIpc) is 2.38. The van der Waals surface area contributed by atoms with Crippen LogP contribution in [0.25, 0.3) is 0 Å². The number of hydrogen-bond donors (Lipinski definition) is 2. The molecule has 0 aromatic carbocycles. The highest BCUT2D eigenvalue weighted by Gasteiger charge is 2.24. The Bertz CT molecular complexity index is 539. The second-order valence-electron chi connectivity index (χ2n) is 6.32. The largest absolute Gasteiger partial charge is 0.444 e. The molecule has 1 aromatic rings. The van der Waals surface area contributed by atoms with Crippen LogP contribution in [-0.4, -0.2) is 40.8 Å². The summed E-state index contributed by atoms with van der Waals surface area (Å²) < 4.78 is 5.27. The third-order valence-electron chi connectivity index (χ3n) is 3.33.